The molecule has 0 saturated carbocycles. The number of ether oxygens (including phenoxy) is 2. The number of aryl methyl sites for hydroxylation is 1. The molecule has 0 spiro atoms. The highest BCUT2D eigenvalue weighted by Crippen LogP contribution is 2.19. The van der Waals surface area contributed by atoms with Crippen molar-refractivity contribution in [1.29, 1.82) is 0 Å². The van der Waals surface area contributed by atoms with Gasteiger partial charge in [0.2, 0.25) is 0 Å². The van der Waals surface area contributed by atoms with Crippen molar-refractivity contribution in [2.24, 2.45) is 0 Å². The Labute approximate surface area is 158 Å². The third-order valence-electron chi connectivity index (χ3n) is 3.61. The first-order chi connectivity index (χ1) is 12.6. The molecule has 1 N–H and O–H groups in total. The lowest BCUT2D eigenvalue weighted by atomic mass is 10.2. The Kier molecular flexibility index (Phi) is 8.02. The molecule has 0 radical (unpaired) electrons. The Morgan fingerprint density at radius 2 is 1.73 bits per heavy atom. The Morgan fingerprint density at radius 3 is 2.38 bits per heavy atom. The zero-order valence-electron chi connectivity index (χ0n) is 15.0. The van der Waals surface area contributed by atoms with Crippen molar-refractivity contribution < 1.29 is 19.1 Å². The van der Waals surface area contributed by atoms with Crippen LogP contribution < -0.4 is 10.1 Å². The summed E-state index contributed by atoms with van der Waals surface area (Å²) in [6, 6.07) is 15.5. The normalized spacial score (nSPS) is 10.2. The van der Waals surface area contributed by atoms with Gasteiger partial charge in [0.15, 0.2) is 6.61 Å². The van der Waals surface area contributed by atoms with Gasteiger partial charge in [-0.3, -0.25) is 9.59 Å². The van der Waals surface area contributed by atoms with Crippen LogP contribution in [-0.2, 0) is 20.9 Å². The molecule has 0 heterocycles. The molecule has 26 heavy (non-hydrogen) atoms. The van der Waals surface area contributed by atoms with Gasteiger partial charge in [0.05, 0.1) is 13.5 Å². The van der Waals surface area contributed by atoms with E-state index in [2.05, 4.69) is 5.32 Å². The molecule has 138 valence electrons. The second-order valence-electron chi connectivity index (χ2n) is 5.70. The summed E-state index contributed by atoms with van der Waals surface area (Å²) in [5.74, 6) is 0.692. The number of nitrogens with one attached hydrogen (secondary N) is 1. The van der Waals surface area contributed by atoms with Crippen molar-refractivity contribution >= 4 is 23.6 Å². The van der Waals surface area contributed by atoms with Crippen molar-refractivity contribution in [1.82, 2.24) is 5.32 Å². The highest BCUT2D eigenvalue weighted by Gasteiger charge is 2.08. The van der Waals surface area contributed by atoms with Gasteiger partial charge in [0.25, 0.3) is 5.91 Å². The molecule has 2 aromatic carbocycles. The Balaban J connectivity index is 1.60. The standard InChI is InChI=1S/C20H23NO4S/c1-15-3-9-18(10-4-15)26-12-11-20(23)25-14-19(22)21-13-16-5-7-17(24-2)8-6-16/h3-10H,11-14H2,1-2H3,(H,21,22). The molecular formula is C20H23NO4S. The zero-order chi connectivity index (χ0) is 18.8. The van der Waals surface area contributed by atoms with Crippen LogP contribution in [0.15, 0.2) is 53.4 Å². The lowest BCUT2D eigenvalue weighted by Gasteiger charge is -2.07. The minimum Gasteiger partial charge on any atom is -0.497 e. The van der Waals surface area contributed by atoms with Crippen molar-refractivity contribution in [3.05, 3.63) is 59.7 Å². The topological polar surface area (TPSA) is 64.6 Å². The summed E-state index contributed by atoms with van der Waals surface area (Å²) in [4.78, 5) is 24.6. The monoisotopic (exact) mass is 373 g/mol. The smallest absolute Gasteiger partial charge is 0.307 e. The van der Waals surface area contributed by atoms with Crippen LogP contribution in [-0.4, -0.2) is 31.3 Å². The number of methoxy groups -OCH3 is 1. The predicted octanol–water partition coefficient (Wildman–Crippen LogP) is 3.35. The average Bonchev–Trinajstić information content (AvgIpc) is 2.66. The number of carbonyl (C=O) groups excluding carboxylic acids is 2. The zero-order valence-corrected chi connectivity index (χ0v) is 15.8. The quantitative estimate of drug-likeness (QED) is 0.539. The van der Waals surface area contributed by atoms with Gasteiger partial charge in [-0.25, -0.2) is 0 Å². The number of hydrogen-bond donors (Lipinski definition) is 1. The van der Waals surface area contributed by atoms with Crippen molar-refractivity contribution in [2.45, 2.75) is 24.8 Å². The molecule has 0 aliphatic rings. The summed E-state index contributed by atoms with van der Waals surface area (Å²) in [7, 11) is 1.60. The summed E-state index contributed by atoms with van der Waals surface area (Å²) in [6.07, 6.45) is 0.268. The first-order valence-corrected chi connectivity index (χ1v) is 9.30. The van der Waals surface area contributed by atoms with E-state index in [-0.39, 0.29) is 24.9 Å². The van der Waals surface area contributed by atoms with Crippen molar-refractivity contribution in [3.63, 3.8) is 0 Å². The van der Waals surface area contributed by atoms with Crippen LogP contribution in [0, 0.1) is 6.92 Å². The van der Waals surface area contributed by atoms with E-state index in [9.17, 15) is 9.59 Å². The van der Waals surface area contributed by atoms with Crippen LogP contribution in [0.25, 0.3) is 0 Å². The van der Waals surface area contributed by atoms with Gasteiger partial charge in [-0.15, -0.1) is 11.8 Å². The minimum absolute atomic E-state index is 0.260. The fraction of sp³-hybridized carbons (Fsp3) is 0.300. The van der Waals surface area contributed by atoms with Crippen LogP contribution in [0.4, 0.5) is 0 Å². The molecule has 0 unspecified atom stereocenters. The summed E-state index contributed by atoms with van der Waals surface area (Å²) in [6.45, 7) is 2.15. The molecule has 6 heteroatoms. The summed E-state index contributed by atoms with van der Waals surface area (Å²) >= 11 is 1.59. The van der Waals surface area contributed by atoms with Gasteiger partial charge in [-0.05, 0) is 36.8 Å². The number of thioether (sulfide) groups is 1. The molecule has 0 saturated heterocycles. The van der Waals surface area contributed by atoms with E-state index in [0.717, 1.165) is 16.2 Å². The summed E-state index contributed by atoms with van der Waals surface area (Å²) < 4.78 is 10.1. The fourth-order valence-corrected chi connectivity index (χ4v) is 2.93. The third-order valence-corrected chi connectivity index (χ3v) is 4.62. The van der Waals surface area contributed by atoms with E-state index in [1.165, 1.54) is 5.56 Å². The number of hydrogen-bond acceptors (Lipinski definition) is 5. The lowest BCUT2D eigenvalue weighted by molar-refractivity contribution is -0.148. The second-order valence-corrected chi connectivity index (χ2v) is 6.87. The molecule has 0 bridgehead atoms. The number of benzene rings is 2. The molecule has 0 fully saturated rings. The molecule has 2 aromatic rings. The predicted molar refractivity (Wildman–Crippen MR) is 102 cm³/mol. The molecule has 5 nitrogen and oxygen atoms in total. The second kappa shape index (κ2) is 10.5. The molecular weight excluding hydrogens is 350 g/mol. The van der Waals surface area contributed by atoms with Gasteiger partial charge in [0, 0.05) is 17.2 Å². The SMILES string of the molecule is COc1ccc(CNC(=O)COC(=O)CCSc2ccc(C)cc2)cc1. The first-order valence-electron chi connectivity index (χ1n) is 8.31. The maximum atomic E-state index is 11.8. The summed E-state index contributed by atoms with van der Waals surface area (Å²) in [5.41, 5.74) is 2.15. The van der Waals surface area contributed by atoms with Crippen LogP contribution in [0.3, 0.4) is 0 Å². The molecule has 0 aliphatic carbocycles. The van der Waals surface area contributed by atoms with E-state index >= 15 is 0 Å². The van der Waals surface area contributed by atoms with Crippen molar-refractivity contribution in [3.8, 4) is 5.75 Å². The number of rotatable bonds is 9. The van der Waals surface area contributed by atoms with Gasteiger partial charge in [-0.2, -0.15) is 0 Å². The van der Waals surface area contributed by atoms with Gasteiger partial charge in [-0.1, -0.05) is 29.8 Å². The highest BCUT2D eigenvalue weighted by molar-refractivity contribution is 7.99. The van der Waals surface area contributed by atoms with Crippen LogP contribution in [0.2, 0.25) is 0 Å². The Morgan fingerprint density at radius 1 is 1.04 bits per heavy atom. The minimum atomic E-state index is -0.371. The maximum absolute atomic E-state index is 11.8. The lowest BCUT2D eigenvalue weighted by Crippen LogP contribution is -2.28. The molecule has 0 atom stereocenters. The number of carbonyl (C=O) groups is 2. The molecule has 0 aliphatic heterocycles. The van der Waals surface area contributed by atoms with Gasteiger partial charge in [0.1, 0.15) is 5.75 Å². The van der Waals surface area contributed by atoms with Crippen LogP contribution in [0.5, 0.6) is 5.75 Å². The van der Waals surface area contributed by atoms with Gasteiger partial charge < -0.3 is 14.8 Å². The molecule has 2 rings (SSSR count). The maximum Gasteiger partial charge on any atom is 0.307 e. The highest BCUT2D eigenvalue weighted by atomic mass is 32.2. The largest absolute Gasteiger partial charge is 0.497 e. The van der Waals surface area contributed by atoms with Crippen LogP contribution in [0.1, 0.15) is 17.5 Å². The fourth-order valence-electron chi connectivity index (χ4n) is 2.10. The first kappa shape index (κ1) is 19.8. The third kappa shape index (κ3) is 7.19. The molecule has 0 aromatic heterocycles. The van der Waals surface area contributed by atoms with E-state index in [1.807, 2.05) is 55.5 Å². The van der Waals surface area contributed by atoms with Crippen LogP contribution >= 0.6 is 11.8 Å². The van der Waals surface area contributed by atoms with Gasteiger partial charge >= 0.3 is 5.97 Å². The Bertz CT molecular complexity index is 714. The Hall–Kier alpha value is -2.47. The van der Waals surface area contributed by atoms with E-state index < -0.39 is 0 Å². The van der Waals surface area contributed by atoms with E-state index in [0.29, 0.717) is 12.3 Å². The average molecular weight is 373 g/mol. The summed E-state index contributed by atoms with van der Waals surface area (Å²) in [5, 5.41) is 2.72. The molecule has 1 amide bonds. The van der Waals surface area contributed by atoms with Crippen molar-refractivity contribution in [2.75, 3.05) is 19.5 Å². The van der Waals surface area contributed by atoms with E-state index in [4.69, 9.17) is 9.47 Å². The number of esters is 1. The van der Waals surface area contributed by atoms with E-state index in [1.54, 1.807) is 18.9 Å². The number of amides is 1.